The molecule has 0 saturated carbocycles. The number of guanidine groups is 4. The van der Waals surface area contributed by atoms with Crippen LogP contribution in [0.2, 0.25) is 5.02 Å². The van der Waals surface area contributed by atoms with Gasteiger partial charge in [0.25, 0.3) is 11.8 Å². The Morgan fingerprint density at radius 2 is 1.16 bits per heavy atom. The van der Waals surface area contributed by atoms with Crippen LogP contribution in [-0.2, 0) is 0 Å². The molecular weight excluding hydrogens is 719 g/mol. The Labute approximate surface area is 271 Å². The predicted octanol–water partition coefficient (Wildman–Crippen LogP) is 4.62. The summed E-state index contributed by atoms with van der Waals surface area (Å²) >= 11 is 8.09. The van der Waals surface area contributed by atoms with Crippen LogP contribution in [0.3, 0.4) is 0 Å². The van der Waals surface area contributed by atoms with Gasteiger partial charge in [0.05, 0.1) is 23.5 Å². The van der Waals surface area contributed by atoms with Crippen LogP contribution in [0.25, 0.3) is 0 Å². The molecule has 4 rings (SSSR count). The number of hydrogen-bond acceptors (Lipinski definition) is 3. The van der Waals surface area contributed by atoms with Crippen molar-refractivity contribution in [2.45, 2.75) is 37.5 Å². The van der Waals surface area contributed by atoms with Crippen LogP contribution in [0.15, 0.2) is 62.4 Å². The van der Waals surface area contributed by atoms with Gasteiger partial charge >= 0.3 is 0 Å². The number of benzene rings is 2. The summed E-state index contributed by atoms with van der Waals surface area (Å²) in [5.74, 6) is -4.44. The first-order chi connectivity index (χ1) is 20.7. The number of ether oxygens (including phenoxy) is 1. The molecule has 0 amide bonds. The van der Waals surface area contributed by atoms with Gasteiger partial charge in [0.15, 0.2) is 11.9 Å². The maximum atomic E-state index is 13.1. The summed E-state index contributed by atoms with van der Waals surface area (Å²) in [6.07, 6.45) is -0.961. The van der Waals surface area contributed by atoms with Gasteiger partial charge in [-0.25, -0.2) is 27.5 Å². The number of likely N-dealkylation sites (tertiary alicyclic amines) is 2. The summed E-state index contributed by atoms with van der Waals surface area (Å²) in [4.78, 5) is 19.2. The zero-order valence-corrected chi connectivity index (χ0v) is 26.8. The van der Waals surface area contributed by atoms with Crippen LogP contribution in [0, 0.1) is 3.57 Å². The molecule has 17 heteroatoms. The van der Waals surface area contributed by atoms with Crippen molar-refractivity contribution in [2.24, 2.45) is 42.9 Å². The Kier molecular flexibility index (Phi) is 12.3. The van der Waals surface area contributed by atoms with Crippen LogP contribution < -0.4 is 27.7 Å². The Hall–Kier alpha value is -3.54. The number of nitrogens with zero attached hydrogens (tertiary/aromatic N) is 6. The molecule has 44 heavy (non-hydrogen) atoms. The molecule has 2 aliphatic rings. The molecule has 8 N–H and O–H groups in total. The van der Waals surface area contributed by atoms with E-state index in [9.17, 15) is 17.6 Å². The smallest absolute Gasteiger partial charge is 0.251 e. The summed E-state index contributed by atoms with van der Waals surface area (Å²) in [6.45, 7) is 0.590. The summed E-state index contributed by atoms with van der Waals surface area (Å²) in [5.41, 5.74) is 24.2. The second kappa shape index (κ2) is 15.5. The highest BCUT2D eigenvalue weighted by Crippen LogP contribution is 2.28. The molecule has 0 radical (unpaired) electrons. The molecule has 2 aromatic carbocycles. The standard InChI is InChI=1S/C14H19F2N5O.C13H15ClF2IN5/c1-22-11-4-2-10(3-5-11)19-12(17)20-13(18)21-8-6-14(15,16)7-9-21;14-9-7-8(1-2-10(9)17)20-11(18)21-12(19)22-5-3-13(15,16)4-6-22/h2-5H,6-9H2,1H3,(H4,17,18,19,20);1-2,7H,3-6H2,(H4,18,19,20,21). The van der Waals surface area contributed by atoms with Crippen LogP contribution in [-0.4, -0.2) is 78.8 Å². The van der Waals surface area contributed by atoms with Crippen molar-refractivity contribution in [2.75, 3.05) is 33.3 Å². The summed E-state index contributed by atoms with van der Waals surface area (Å²) in [5, 5.41) is 0.560. The highest BCUT2D eigenvalue weighted by Gasteiger charge is 2.35. The SMILES string of the molecule is COc1ccc(N=C(N)N=C(N)N2CCC(F)(F)CC2)cc1.NC(=Nc1ccc(I)c(Cl)c1)N=C(N)N1CCC(F)(F)CC1. The Morgan fingerprint density at radius 1 is 0.750 bits per heavy atom. The Balaban J connectivity index is 0.000000240. The van der Waals surface area contributed by atoms with Gasteiger partial charge in [-0.3, -0.25) is 0 Å². The number of aliphatic imine (C=N–C) groups is 4. The van der Waals surface area contributed by atoms with Gasteiger partial charge in [-0.2, -0.15) is 9.98 Å². The molecule has 2 heterocycles. The Bertz CT molecular complexity index is 1390. The number of methoxy groups -OCH3 is 1. The maximum Gasteiger partial charge on any atom is 0.251 e. The molecular formula is C27H34ClF4IN10O. The molecule has 11 nitrogen and oxygen atoms in total. The van der Waals surface area contributed by atoms with Gasteiger partial charge in [-0.05, 0) is 65.1 Å². The van der Waals surface area contributed by atoms with E-state index in [2.05, 4.69) is 42.6 Å². The summed E-state index contributed by atoms with van der Waals surface area (Å²) < 4.78 is 58.3. The van der Waals surface area contributed by atoms with E-state index in [0.717, 1.165) is 3.57 Å². The van der Waals surface area contributed by atoms with E-state index < -0.39 is 11.8 Å². The fourth-order valence-corrected chi connectivity index (χ4v) is 4.54. The van der Waals surface area contributed by atoms with Gasteiger partial charge in [0.1, 0.15) is 5.75 Å². The molecule has 2 aromatic rings. The largest absolute Gasteiger partial charge is 0.497 e. The quantitative estimate of drug-likeness (QED) is 0.154. The fraction of sp³-hybridized carbons (Fsp3) is 0.407. The van der Waals surface area contributed by atoms with Crippen LogP contribution in [0.4, 0.5) is 28.9 Å². The molecule has 0 bridgehead atoms. The second-order valence-corrected chi connectivity index (χ2v) is 11.4. The number of piperidine rings is 2. The highest BCUT2D eigenvalue weighted by molar-refractivity contribution is 14.1. The Morgan fingerprint density at radius 3 is 1.57 bits per heavy atom. The van der Waals surface area contributed by atoms with E-state index in [1.807, 2.05) is 0 Å². The molecule has 2 aliphatic heterocycles. The van der Waals surface area contributed by atoms with Crippen molar-refractivity contribution in [1.29, 1.82) is 0 Å². The lowest BCUT2D eigenvalue weighted by atomic mass is 10.1. The van der Waals surface area contributed by atoms with E-state index in [0.29, 0.717) is 22.1 Å². The minimum absolute atomic E-state index is 0.0278. The third-order valence-corrected chi connectivity index (χ3v) is 8.13. The number of halogens is 6. The minimum Gasteiger partial charge on any atom is -0.497 e. The van der Waals surface area contributed by atoms with Gasteiger partial charge in [-0.15, -0.1) is 0 Å². The van der Waals surface area contributed by atoms with E-state index in [4.69, 9.17) is 39.3 Å². The number of nitrogens with two attached hydrogens (primary N) is 4. The minimum atomic E-state index is -2.63. The first kappa shape index (κ1) is 34.9. The van der Waals surface area contributed by atoms with Crippen molar-refractivity contribution in [3.05, 3.63) is 51.1 Å². The molecule has 2 saturated heterocycles. The third-order valence-electron chi connectivity index (χ3n) is 6.56. The molecule has 0 aliphatic carbocycles. The monoisotopic (exact) mass is 752 g/mol. The maximum absolute atomic E-state index is 13.1. The average Bonchev–Trinajstić information content (AvgIpc) is 2.95. The van der Waals surface area contributed by atoms with Crippen LogP contribution >= 0.6 is 34.2 Å². The lowest BCUT2D eigenvalue weighted by Gasteiger charge is -2.32. The van der Waals surface area contributed by atoms with Crippen molar-refractivity contribution < 1.29 is 22.3 Å². The lowest BCUT2D eigenvalue weighted by molar-refractivity contribution is -0.0442. The van der Waals surface area contributed by atoms with Crippen molar-refractivity contribution in [3.63, 3.8) is 0 Å². The van der Waals surface area contributed by atoms with E-state index in [1.165, 1.54) is 0 Å². The van der Waals surface area contributed by atoms with E-state index in [-0.39, 0.29) is 75.7 Å². The third kappa shape index (κ3) is 11.2. The second-order valence-electron chi connectivity index (χ2n) is 9.86. The molecule has 240 valence electrons. The van der Waals surface area contributed by atoms with E-state index >= 15 is 0 Å². The molecule has 0 spiro atoms. The first-order valence-corrected chi connectivity index (χ1v) is 14.8. The van der Waals surface area contributed by atoms with Gasteiger partial charge in [0, 0.05) is 55.4 Å². The molecule has 0 atom stereocenters. The fourth-order valence-electron chi connectivity index (χ4n) is 4.03. The normalized spacial score (nSPS) is 19.2. The number of alkyl halides is 4. The molecule has 2 fully saturated rings. The molecule has 0 aromatic heterocycles. The zero-order chi connectivity index (χ0) is 32.5. The van der Waals surface area contributed by atoms with Crippen molar-refractivity contribution in [1.82, 2.24) is 9.80 Å². The lowest BCUT2D eigenvalue weighted by Crippen LogP contribution is -2.46. The van der Waals surface area contributed by atoms with Gasteiger partial charge in [-0.1, -0.05) is 11.6 Å². The van der Waals surface area contributed by atoms with Crippen LogP contribution in [0.1, 0.15) is 25.7 Å². The first-order valence-electron chi connectivity index (χ1n) is 13.4. The summed E-state index contributed by atoms with van der Waals surface area (Å²) in [6, 6.07) is 12.1. The predicted molar refractivity (Wildman–Crippen MR) is 174 cm³/mol. The van der Waals surface area contributed by atoms with Crippen LogP contribution in [0.5, 0.6) is 5.75 Å². The van der Waals surface area contributed by atoms with Gasteiger partial charge < -0.3 is 37.5 Å². The highest BCUT2D eigenvalue weighted by atomic mass is 127. The topological polar surface area (TPSA) is 169 Å². The number of hydrogen-bond donors (Lipinski definition) is 4. The van der Waals surface area contributed by atoms with Crippen molar-refractivity contribution >= 4 is 69.4 Å². The zero-order valence-electron chi connectivity index (χ0n) is 23.9. The van der Waals surface area contributed by atoms with E-state index in [1.54, 1.807) is 59.4 Å². The summed E-state index contributed by atoms with van der Waals surface area (Å²) in [7, 11) is 1.57. The number of rotatable bonds is 3. The van der Waals surface area contributed by atoms with Crippen molar-refractivity contribution in [3.8, 4) is 5.75 Å². The molecule has 0 unspecified atom stereocenters. The average molecular weight is 753 g/mol. The van der Waals surface area contributed by atoms with Gasteiger partial charge in [0.2, 0.25) is 11.9 Å².